The summed E-state index contributed by atoms with van der Waals surface area (Å²) in [5, 5.41) is 25.7. The lowest BCUT2D eigenvalue weighted by molar-refractivity contribution is -0.142. The average Bonchev–Trinajstić information content (AvgIpc) is 2.56. The molecule has 5 atom stereocenters. The third-order valence-corrected chi connectivity index (χ3v) is 4.06. The first kappa shape index (κ1) is 25.1. The van der Waals surface area contributed by atoms with E-state index in [2.05, 4.69) is 28.6 Å². The molecule has 0 spiro atoms. The van der Waals surface area contributed by atoms with Crippen LogP contribution in [0.25, 0.3) is 0 Å². The Morgan fingerprint density at radius 1 is 0.963 bits per heavy atom. The van der Waals surface area contributed by atoms with Crippen LogP contribution in [-0.2, 0) is 19.2 Å². The molecule has 0 aromatic carbocycles. The van der Waals surface area contributed by atoms with Crippen molar-refractivity contribution in [2.75, 3.05) is 5.75 Å². The molecule has 0 aromatic rings. The molecule has 7 N–H and O–H groups in total. The number of amides is 3. The summed E-state index contributed by atoms with van der Waals surface area (Å²) >= 11 is 3.94. The maximum absolute atomic E-state index is 12.6. The van der Waals surface area contributed by atoms with Crippen LogP contribution in [0.2, 0.25) is 0 Å². The molecule has 0 fully saturated rings. The van der Waals surface area contributed by atoms with Crippen LogP contribution in [0.3, 0.4) is 0 Å². The number of aliphatic carboxylic acids is 1. The molecule has 0 aliphatic rings. The van der Waals surface area contributed by atoms with E-state index < -0.39 is 54.0 Å². The minimum absolute atomic E-state index is 0.0409. The van der Waals surface area contributed by atoms with E-state index in [4.69, 9.17) is 10.8 Å². The van der Waals surface area contributed by atoms with Gasteiger partial charge in [-0.15, -0.1) is 0 Å². The zero-order valence-electron chi connectivity index (χ0n) is 15.9. The van der Waals surface area contributed by atoms with E-state index in [1.807, 2.05) is 13.8 Å². The molecule has 0 aliphatic heterocycles. The molecular weight excluding hydrogens is 376 g/mol. The van der Waals surface area contributed by atoms with Gasteiger partial charge in [-0.3, -0.25) is 19.2 Å². The second-order valence-electron chi connectivity index (χ2n) is 6.78. The molecule has 0 heterocycles. The number of carboxylic acids is 1. The fourth-order valence-corrected chi connectivity index (χ4v) is 2.25. The SMILES string of the molecule is CC(C)CC(NC(=O)C(N)CS)C(=O)NC(C(=O)NC(C)C(=O)O)C(C)O. The van der Waals surface area contributed by atoms with Crippen molar-refractivity contribution < 1.29 is 29.4 Å². The average molecular weight is 407 g/mol. The van der Waals surface area contributed by atoms with Crippen LogP contribution < -0.4 is 21.7 Å². The van der Waals surface area contributed by atoms with Crippen LogP contribution in [0.15, 0.2) is 0 Å². The quantitative estimate of drug-likeness (QED) is 0.199. The van der Waals surface area contributed by atoms with E-state index in [1.165, 1.54) is 13.8 Å². The van der Waals surface area contributed by atoms with Gasteiger partial charge in [0.25, 0.3) is 0 Å². The highest BCUT2D eigenvalue weighted by Gasteiger charge is 2.31. The van der Waals surface area contributed by atoms with Gasteiger partial charge in [0.15, 0.2) is 0 Å². The lowest BCUT2D eigenvalue weighted by atomic mass is 10.0. The molecular formula is C16H30N4O6S. The van der Waals surface area contributed by atoms with Gasteiger partial charge in [0.2, 0.25) is 17.7 Å². The van der Waals surface area contributed by atoms with Crippen molar-refractivity contribution in [3.05, 3.63) is 0 Å². The van der Waals surface area contributed by atoms with E-state index >= 15 is 0 Å². The molecule has 10 nitrogen and oxygen atoms in total. The number of aliphatic hydroxyl groups excluding tert-OH is 1. The van der Waals surface area contributed by atoms with Gasteiger partial charge in [-0.1, -0.05) is 13.8 Å². The van der Waals surface area contributed by atoms with Crippen molar-refractivity contribution in [3.8, 4) is 0 Å². The van der Waals surface area contributed by atoms with Gasteiger partial charge in [0.05, 0.1) is 12.1 Å². The van der Waals surface area contributed by atoms with Gasteiger partial charge in [-0.25, -0.2) is 0 Å². The predicted molar refractivity (Wildman–Crippen MR) is 102 cm³/mol. The van der Waals surface area contributed by atoms with Crippen LogP contribution in [0.4, 0.5) is 0 Å². The number of thiol groups is 1. The van der Waals surface area contributed by atoms with Gasteiger partial charge in [0, 0.05) is 5.75 Å². The van der Waals surface area contributed by atoms with Crippen LogP contribution in [0.1, 0.15) is 34.1 Å². The highest BCUT2D eigenvalue weighted by molar-refractivity contribution is 7.80. The molecule has 27 heavy (non-hydrogen) atoms. The minimum atomic E-state index is -1.38. The first-order valence-corrected chi connectivity index (χ1v) is 9.22. The lowest BCUT2D eigenvalue weighted by Gasteiger charge is -2.26. The molecule has 0 rings (SSSR count). The molecule has 156 valence electrons. The summed E-state index contributed by atoms with van der Waals surface area (Å²) in [5.41, 5.74) is 5.60. The number of carbonyl (C=O) groups is 4. The van der Waals surface area contributed by atoms with Crippen molar-refractivity contribution >= 4 is 36.3 Å². The first-order chi connectivity index (χ1) is 12.4. The Morgan fingerprint density at radius 2 is 1.52 bits per heavy atom. The van der Waals surface area contributed by atoms with Gasteiger partial charge in [-0.05, 0) is 26.2 Å². The number of hydrogen-bond acceptors (Lipinski definition) is 7. The smallest absolute Gasteiger partial charge is 0.325 e. The highest BCUT2D eigenvalue weighted by atomic mass is 32.1. The normalized spacial score (nSPS) is 16.6. The summed E-state index contributed by atoms with van der Waals surface area (Å²) in [6.45, 7) is 6.22. The number of carbonyl (C=O) groups excluding carboxylic acids is 3. The van der Waals surface area contributed by atoms with E-state index in [0.717, 1.165) is 0 Å². The highest BCUT2D eigenvalue weighted by Crippen LogP contribution is 2.07. The molecule has 0 aliphatic carbocycles. The summed E-state index contributed by atoms with van der Waals surface area (Å²) in [5.74, 6) is -3.23. The standard InChI is InChI=1S/C16H30N4O6S/c1-7(2)5-11(19-13(22)10(17)6-27)14(23)20-12(9(4)21)15(24)18-8(3)16(25)26/h7-12,21,27H,5-6,17H2,1-4H3,(H,18,24)(H,19,22)(H,20,23)(H,25,26). The maximum atomic E-state index is 12.6. The van der Waals surface area contributed by atoms with Crippen LogP contribution in [-0.4, -0.2) is 69.9 Å². The van der Waals surface area contributed by atoms with Crippen molar-refractivity contribution in [2.45, 2.75) is 64.4 Å². The Hall–Kier alpha value is -1.85. The monoisotopic (exact) mass is 406 g/mol. The molecule has 3 amide bonds. The van der Waals surface area contributed by atoms with Gasteiger partial charge in [0.1, 0.15) is 18.1 Å². The molecule has 0 bridgehead atoms. The second-order valence-corrected chi connectivity index (χ2v) is 7.14. The largest absolute Gasteiger partial charge is 0.480 e. The van der Waals surface area contributed by atoms with E-state index in [1.54, 1.807) is 0 Å². The Bertz CT molecular complexity index is 543. The van der Waals surface area contributed by atoms with Gasteiger partial charge < -0.3 is 31.9 Å². The predicted octanol–water partition coefficient (Wildman–Crippen LogP) is -1.77. The Morgan fingerprint density at radius 3 is 1.93 bits per heavy atom. The number of carboxylic acid groups (broad SMARTS) is 1. The summed E-state index contributed by atoms with van der Waals surface area (Å²) in [7, 11) is 0. The molecule has 11 heteroatoms. The topological polar surface area (TPSA) is 171 Å². The van der Waals surface area contributed by atoms with E-state index in [-0.39, 0.29) is 18.1 Å². The second kappa shape index (κ2) is 11.8. The lowest BCUT2D eigenvalue weighted by Crippen LogP contribution is -2.59. The minimum Gasteiger partial charge on any atom is -0.480 e. The number of aliphatic hydroxyl groups is 1. The fraction of sp³-hybridized carbons (Fsp3) is 0.750. The van der Waals surface area contributed by atoms with E-state index in [9.17, 15) is 24.3 Å². The Kier molecular flexibility index (Phi) is 11.0. The van der Waals surface area contributed by atoms with Gasteiger partial charge in [-0.2, -0.15) is 12.6 Å². The van der Waals surface area contributed by atoms with Crippen molar-refractivity contribution in [1.29, 1.82) is 0 Å². The molecule has 0 saturated carbocycles. The molecule has 0 aromatic heterocycles. The van der Waals surface area contributed by atoms with Crippen molar-refractivity contribution in [2.24, 2.45) is 11.7 Å². The van der Waals surface area contributed by atoms with Gasteiger partial charge >= 0.3 is 5.97 Å². The van der Waals surface area contributed by atoms with Crippen molar-refractivity contribution in [1.82, 2.24) is 16.0 Å². The summed E-state index contributed by atoms with van der Waals surface area (Å²) in [4.78, 5) is 47.6. The van der Waals surface area contributed by atoms with Crippen LogP contribution in [0.5, 0.6) is 0 Å². The number of nitrogens with two attached hydrogens (primary N) is 1. The zero-order chi connectivity index (χ0) is 21.3. The Labute approximate surface area is 164 Å². The third kappa shape index (κ3) is 9.07. The summed E-state index contributed by atoms with van der Waals surface area (Å²) in [6, 6.07) is -4.46. The number of hydrogen-bond donors (Lipinski definition) is 7. The third-order valence-electron chi connectivity index (χ3n) is 3.67. The molecule has 5 unspecified atom stereocenters. The van der Waals surface area contributed by atoms with E-state index in [0.29, 0.717) is 0 Å². The number of nitrogens with one attached hydrogen (secondary N) is 3. The van der Waals surface area contributed by atoms with Crippen LogP contribution in [0, 0.1) is 5.92 Å². The molecule has 0 radical (unpaired) electrons. The molecule has 0 saturated heterocycles. The summed E-state index contributed by atoms with van der Waals surface area (Å²) in [6.07, 6.45) is -1.01. The zero-order valence-corrected chi connectivity index (χ0v) is 16.8. The van der Waals surface area contributed by atoms with Crippen LogP contribution >= 0.6 is 12.6 Å². The Balaban J connectivity index is 5.23. The maximum Gasteiger partial charge on any atom is 0.325 e. The first-order valence-electron chi connectivity index (χ1n) is 8.59. The van der Waals surface area contributed by atoms with Crippen molar-refractivity contribution in [3.63, 3.8) is 0 Å². The fourth-order valence-electron chi connectivity index (χ4n) is 2.09. The summed E-state index contributed by atoms with van der Waals surface area (Å²) < 4.78 is 0. The number of rotatable bonds is 11.